The van der Waals surface area contributed by atoms with Crippen LogP contribution in [0, 0.1) is 6.92 Å². The van der Waals surface area contributed by atoms with Crippen molar-refractivity contribution in [2.45, 2.75) is 51.6 Å². The maximum atomic E-state index is 12.5. The van der Waals surface area contributed by atoms with Crippen LogP contribution in [0.1, 0.15) is 58.2 Å². The molecule has 2 saturated carbocycles. The number of nitrogens with zero attached hydrogens (tertiary/aromatic N) is 1. The van der Waals surface area contributed by atoms with E-state index in [1.54, 1.807) is 13.8 Å². The van der Waals surface area contributed by atoms with Crippen LogP contribution < -0.4 is 11.1 Å². The number of carbonyl (C=O) groups excluding carboxylic acids is 3. The van der Waals surface area contributed by atoms with E-state index in [2.05, 4.69) is 10.2 Å². The van der Waals surface area contributed by atoms with Crippen LogP contribution in [0.25, 0.3) is 0 Å². The molecule has 3 N–H and O–H groups in total. The lowest BCUT2D eigenvalue weighted by Crippen LogP contribution is -2.36. The Hall–Kier alpha value is -1.93. The quantitative estimate of drug-likeness (QED) is 0.685. The summed E-state index contributed by atoms with van der Waals surface area (Å²) >= 11 is 1.03. The Bertz CT molecular complexity index is 695. The van der Waals surface area contributed by atoms with Crippen molar-refractivity contribution in [3.63, 3.8) is 0 Å². The molecule has 0 radical (unpaired) electrons. The number of primary amides is 1. The predicted molar refractivity (Wildman–Crippen MR) is 94.9 cm³/mol. The zero-order valence-electron chi connectivity index (χ0n) is 14.5. The van der Waals surface area contributed by atoms with Crippen LogP contribution in [-0.2, 0) is 9.53 Å². The fraction of sp³-hybridized carbons (Fsp3) is 0.588. The van der Waals surface area contributed by atoms with E-state index in [4.69, 9.17) is 10.5 Å². The third kappa shape index (κ3) is 4.01. The van der Waals surface area contributed by atoms with Gasteiger partial charge in [0.05, 0.1) is 23.6 Å². The molecule has 1 heterocycles. The molecule has 2 fully saturated rings. The van der Waals surface area contributed by atoms with Crippen LogP contribution in [0.2, 0.25) is 0 Å². The summed E-state index contributed by atoms with van der Waals surface area (Å²) < 4.78 is 5.06. The Morgan fingerprint density at radius 1 is 1.24 bits per heavy atom. The van der Waals surface area contributed by atoms with Crippen LogP contribution >= 0.6 is 11.3 Å². The maximum Gasteiger partial charge on any atom is 0.341 e. The minimum Gasteiger partial charge on any atom is -0.462 e. The smallest absolute Gasteiger partial charge is 0.341 e. The molecule has 0 aromatic carbocycles. The summed E-state index contributed by atoms with van der Waals surface area (Å²) in [6, 6.07) is 1.02. The van der Waals surface area contributed by atoms with E-state index in [0.29, 0.717) is 29.2 Å². The minimum absolute atomic E-state index is 0.179. The van der Waals surface area contributed by atoms with Gasteiger partial charge in [0.25, 0.3) is 5.91 Å². The number of anilines is 1. The van der Waals surface area contributed by atoms with Gasteiger partial charge in [-0.25, -0.2) is 4.79 Å². The first-order chi connectivity index (χ1) is 11.9. The van der Waals surface area contributed by atoms with Crippen LogP contribution in [0.3, 0.4) is 0 Å². The lowest BCUT2D eigenvalue weighted by Gasteiger charge is -2.20. The second kappa shape index (κ2) is 7.13. The number of nitrogens with one attached hydrogen (secondary N) is 1. The molecule has 2 aliphatic rings. The van der Waals surface area contributed by atoms with Crippen molar-refractivity contribution < 1.29 is 19.1 Å². The molecule has 0 atom stereocenters. The number of ether oxygens (including phenoxy) is 1. The molecular formula is C17H23N3O4S. The molecule has 136 valence electrons. The Balaban J connectivity index is 1.77. The summed E-state index contributed by atoms with van der Waals surface area (Å²) in [5.41, 5.74) is 6.05. The predicted octanol–water partition coefficient (Wildman–Crippen LogP) is 1.90. The van der Waals surface area contributed by atoms with Crippen molar-refractivity contribution in [2.24, 2.45) is 5.73 Å². The summed E-state index contributed by atoms with van der Waals surface area (Å²) in [4.78, 5) is 38.8. The molecule has 1 aromatic rings. The summed E-state index contributed by atoms with van der Waals surface area (Å²) in [5, 5.41) is 3.13. The Morgan fingerprint density at radius 3 is 2.32 bits per heavy atom. The van der Waals surface area contributed by atoms with Crippen molar-refractivity contribution in [2.75, 3.05) is 18.5 Å². The summed E-state index contributed by atoms with van der Waals surface area (Å²) in [6.07, 6.45) is 4.56. The topological polar surface area (TPSA) is 102 Å². The van der Waals surface area contributed by atoms with E-state index < -0.39 is 11.9 Å². The van der Waals surface area contributed by atoms with Gasteiger partial charge in [0.15, 0.2) is 0 Å². The van der Waals surface area contributed by atoms with Gasteiger partial charge in [-0.15, -0.1) is 11.3 Å². The largest absolute Gasteiger partial charge is 0.462 e. The molecule has 25 heavy (non-hydrogen) atoms. The highest BCUT2D eigenvalue weighted by molar-refractivity contribution is 7.18. The van der Waals surface area contributed by atoms with Crippen LogP contribution in [0.4, 0.5) is 5.00 Å². The molecule has 0 unspecified atom stereocenters. The van der Waals surface area contributed by atoms with Gasteiger partial charge < -0.3 is 15.8 Å². The van der Waals surface area contributed by atoms with Gasteiger partial charge in [-0.05, 0) is 45.1 Å². The van der Waals surface area contributed by atoms with Crippen molar-refractivity contribution in [3.05, 3.63) is 16.0 Å². The summed E-state index contributed by atoms with van der Waals surface area (Å²) in [7, 11) is 0. The van der Waals surface area contributed by atoms with E-state index in [9.17, 15) is 14.4 Å². The molecule has 0 saturated heterocycles. The van der Waals surface area contributed by atoms with E-state index in [1.807, 2.05) is 0 Å². The Labute approximate surface area is 150 Å². The molecule has 0 aliphatic heterocycles. The number of rotatable bonds is 8. The van der Waals surface area contributed by atoms with E-state index >= 15 is 0 Å². The number of amides is 2. The summed E-state index contributed by atoms with van der Waals surface area (Å²) in [5.74, 6) is -1.35. The van der Waals surface area contributed by atoms with Crippen LogP contribution in [-0.4, -0.2) is 47.9 Å². The Kier molecular flexibility index (Phi) is 5.10. The van der Waals surface area contributed by atoms with Crippen molar-refractivity contribution in [1.82, 2.24) is 4.90 Å². The number of thiophene rings is 1. The summed E-state index contributed by atoms with van der Waals surface area (Å²) in [6.45, 7) is 3.86. The van der Waals surface area contributed by atoms with Crippen molar-refractivity contribution in [1.29, 1.82) is 0 Å². The molecule has 8 heteroatoms. The number of esters is 1. The fourth-order valence-electron chi connectivity index (χ4n) is 2.99. The van der Waals surface area contributed by atoms with Gasteiger partial charge in [0.2, 0.25) is 5.91 Å². The standard InChI is InChI=1S/C17H23N3O4S/c1-3-24-17(23)13-9(2)14(15(18)22)25-16(13)19-12(21)8-20(10-4-5-10)11-6-7-11/h10-11H,3-8H2,1-2H3,(H2,18,22)(H,19,21). The number of hydrogen-bond acceptors (Lipinski definition) is 6. The first kappa shape index (κ1) is 17.9. The van der Waals surface area contributed by atoms with Crippen molar-refractivity contribution >= 4 is 34.1 Å². The van der Waals surface area contributed by atoms with Gasteiger partial charge in [0, 0.05) is 12.1 Å². The zero-order valence-corrected chi connectivity index (χ0v) is 15.3. The SMILES string of the molecule is CCOC(=O)c1c(NC(=O)CN(C2CC2)C2CC2)sc(C(N)=O)c1C. The monoisotopic (exact) mass is 365 g/mol. The molecule has 3 rings (SSSR count). The van der Waals surface area contributed by atoms with Gasteiger partial charge >= 0.3 is 5.97 Å². The van der Waals surface area contributed by atoms with Gasteiger partial charge in [-0.2, -0.15) is 0 Å². The van der Waals surface area contributed by atoms with Gasteiger partial charge in [-0.1, -0.05) is 0 Å². The molecule has 0 spiro atoms. The molecule has 1 aromatic heterocycles. The maximum absolute atomic E-state index is 12.5. The van der Waals surface area contributed by atoms with Crippen LogP contribution in [0.5, 0.6) is 0 Å². The van der Waals surface area contributed by atoms with Crippen LogP contribution in [0.15, 0.2) is 0 Å². The average molecular weight is 365 g/mol. The highest BCUT2D eigenvalue weighted by atomic mass is 32.1. The average Bonchev–Trinajstić information content (AvgIpc) is 3.44. The third-order valence-electron chi connectivity index (χ3n) is 4.46. The molecular weight excluding hydrogens is 342 g/mol. The molecule has 0 bridgehead atoms. The normalized spacial score (nSPS) is 16.8. The lowest BCUT2D eigenvalue weighted by atomic mass is 10.1. The van der Waals surface area contributed by atoms with E-state index in [0.717, 1.165) is 37.0 Å². The number of carbonyl (C=O) groups is 3. The molecule has 2 aliphatic carbocycles. The highest BCUT2D eigenvalue weighted by Crippen LogP contribution is 2.37. The zero-order chi connectivity index (χ0) is 18.1. The lowest BCUT2D eigenvalue weighted by molar-refractivity contribution is -0.117. The van der Waals surface area contributed by atoms with Gasteiger partial charge in [-0.3, -0.25) is 14.5 Å². The van der Waals surface area contributed by atoms with Crippen molar-refractivity contribution in [3.8, 4) is 0 Å². The number of hydrogen-bond donors (Lipinski definition) is 2. The first-order valence-electron chi connectivity index (χ1n) is 8.58. The highest BCUT2D eigenvalue weighted by Gasteiger charge is 2.40. The third-order valence-corrected chi connectivity index (χ3v) is 5.68. The Morgan fingerprint density at radius 2 is 1.84 bits per heavy atom. The van der Waals surface area contributed by atoms with E-state index in [-0.39, 0.29) is 23.0 Å². The second-order valence-electron chi connectivity index (χ2n) is 6.53. The van der Waals surface area contributed by atoms with Gasteiger partial charge in [0.1, 0.15) is 5.00 Å². The fourth-order valence-corrected chi connectivity index (χ4v) is 4.05. The van der Waals surface area contributed by atoms with E-state index in [1.165, 1.54) is 0 Å². The molecule has 2 amide bonds. The second-order valence-corrected chi connectivity index (χ2v) is 7.55. The number of nitrogens with two attached hydrogens (primary N) is 1. The first-order valence-corrected chi connectivity index (χ1v) is 9.39. The minimum atomic E-state index is -0.619. The molecule has 7 nitrogen and oxygen atoms in total.